The van der Waals surface area contributed by atoms with Gasteiger partial charge in [0.1, 0.15) is 6.10 Å². The SMILES string of the molecule is CCCCCCCCC(CCCCCCCC)OC(=O)OCCCCCCN(CCCO)CCCCCCOC(=O)OCCCCC. The lowest BCUT2D eigenvalue weighted by Gasteiger charge is -2.22. The first-order valence-electron chi connectivity index (χ1n) is 20.0. The Kier molecular flexibility index (Phi) is 36.1. The number of ether oxygens (including phenoxy) is 4. The van der Waals surface area contributed by atoms with E-state index in [1.807, 2.05) is 0 Å². The van der Waals surface area contributed by atoms with Crippen molar-refractivity contribution in [1.82, 2.24) is 4.90 Å². The predicted molar refractivity (Wildman–Crippen MR) is 194 cm³/mol. The molecule has 8 nitrogen and oxygen atoms in total. The monoisotopic (exact) mass is 672 g/mol. The number of rotatable bonds is 36. The van der Waals surface area contributed by atoms with Crippen LogP contribution in [0.4, 0.5) is 9.59 Å². The van der Waals surface area contributed by atoms with Gasteiger partial charge in [-0.3, -0.25) is 0 Å². The van der Waals surface area contributed by atoms with Crippen LogP contribution in [0, 0.1) is 0 Å². The van der Waals surface area contributed by atoms with Gasteiger partial charge in [-0.25, -0.2) is 9.59 Å². The molecule has 0 spiro atoms. The number of carbonyl (C=O) groups excluding carboxylic acids is 2. The number of carbonyl (C=O) groups is 2. The number of hydrogen-bond acceptors (Lipinski definition) is 8. The molecule has 0 saturated carbocycles. The van der Waals surface area contributed by atoms with Crippen molar-refractivity contribution in [3.05, 3.63) is 0 Å². The van der Waals surface area contributed by atoms with E-state index >= 15 is 0 Å². The summed E-state index contributed by atoms with van der Waals surface area (Å²) in [6.07, 6.45) is 27.9. The van der Waals surface area contributed by atoms with Crippen molar-refractivity contribution in [3.8, 4) is 0 Å². The van der Waals surface area contributed by atoms with Crippen LogP contribution in [0.2, 0.25) is 0 Å². The minimum Gasteiger partial charge on any atom is -0.434 e. The standard InChI is InChI=1S/C39H77NO7/c1-4-7-10-12-14-20-28-37(29-21-15-13-11-8-5-2)47-39(43)46-36-26-19-17-23-31-40(32-27-33-41)30-22-16-18-25-35-45-38(42)44-34-24-9-6-3/h37,41H,4-36H2,1-3H3. The molecule has 0 aliphatic heterocycles. The first kappa shape index (κ1) is 45.5. The molecular formula is C39H77NO7. The molecule has 0 amide bonds. The molecule has 0 atom stereocenters. The number of nitrogens with zero attached hydrogens (tertiary/aromatic N) is 1. The molecule has 0 rings (SSSR count). The second-order valence-electron chi connectivity index (χ2n) is 13.4. The lowest BCUT2D eigenvalue weighted by atomic mass is 10.0. The quantitative estimate of drug-likeness (QED) is 0.0519. The van der Waals surface area contributed by atoms with Gasteiger partial charge in [-0.1, -0.05) is 124 Å². The Morgan fingerprint density at radius 2 is 0.830 bits per heavy atom. The molecule has 1 N–H and O–H groups in total. The highest BCUT2D eigenvalue weighted by Crippen LogP contribution is 2.18. The second kappa shape index (κ2) is 37.3. The summed E-state index contributed by atoms with van der Waals surface area (Å²) in [5.74, 6) is 0. The maximum absolute atomic E-state index is 12.5. The highest BCUT2D eigenvalue weighted by atomic mass is 16.7. The third-order valence-corrected chi connectivity index (χ3v) is 8.80. The molecule has 8 heteroatoms. The number of unbranched alkanes of at least 4 members (excludes halogenated alkanes) is 18. The summed E-state index contributed by atoms with van der Waals surface area (Å²) >= 11 is 0. The average molecular weight is 672 g/mol. The summed E-state index contributed by atoms with van der Waals surface area (Å²) < 4.78 is 21.5. The first-order chi connectivity index (χ1) is 23.1. The fraction of sp³-hybridized carbons (Fsp3) is 0.949. The van der Waals surface area contributed by atoms with Gasteiger partial charge in [-0.05, 0) is 77.3 Å². The van der Waals surface area contributed by atoms with Crippen LogP contribution in [-0.2, 0) is 18.9 Å². The van der Waals surface area contributed by atoms with E-state index < -0.39 is 12.3 Å². The lowest BCUT2D eigenvalue weighted by molar-refractivity contribution is 0.0154. The van der Waals surface area contributed by atoms with Gasteiger partial charge in [0.15, 0.2) is 0 Å². The zero-order valence-corrected chi connectivity index (χ0v) is 31.3. The van der Waals surface area contributed by atoms with Crippen LogP contribution >= 0.6 is 0 Å². The predicted octanol–water partition coefficient (Wildman–Crippen LogP) is 11.2. The van der Waals surface area contributed by atoms with Gasteiger partial charge >= 0.3 is 12.3 Å². The topological polar surface area (TPSA) is 94.5 Å². The van der Waals surface area contributed by atoms with Crippen molar-refractivity contribution in [2.45, 2.75) is 194 Å². The highest BCUT2D eigenvalue weighted by Gasteiger charge is 2.15. The largest absolute Gasteiger partial charge is 0.508 e. The smallest absolute Gasteiger partial charge is 0.434 e. The number of aliphatic hydroxyl groups is 1. The molecule has 0 aromatic carbocycles. The Morgan fingerprint density at radius 3 is 1.32 bits per heavy atom. The second-order valence-corrected chi connectivity index (χ2v) is 13.4. The molecule has 0 saturated heterocycles. The average Bonchev–Trinajstić information content (AvgIpc) is 3.07. The first-order valence-corrected chi connectivity index (χ1v) is 20.0. The maximum Gasteiger partial charge on any atom is 0.508 e. The third kappa shape index (κ3) is 34.1. The van der Waals surface area contributed by atoms with Gasteiger partial charge in [-0.15, -0.1) is 0 Å². The molecule has 0 radical (unpaired) electrons. The van der Waals surface area contributed by atoms with Crippen molar-refractivity contribution in [1.29, 1.82) is 0 Å². The van der Waals surface area contributed by atoms with Gasteiger partial charge in [0.2, 0.25) is 0 Å². The minimum atomic E-state index is -0.547. The third-order valence-electron chi connectivity index (χ3n) is 8.80. The Labute approximate surface area is 290 Å². The summed E-state index contributed by atoms with van der Waals surface area (Å²) in [6.45, 7) is 11.1. The Balaban J connectivity index is 4.08. The zero-order valence-electron chi connectivity index (χ0n) is 31.3. The summed E-state index contributed by atoms with van der Waals surface area (Å²) in [5.41, 5.74) is 0. The van der Waals surface area contributed by atoms with Crippen molar-refractivity contribution in [2.75, 3.05) is 46.1 Å². The maximum atomic E-state index is 12.5. The summed E-state index contributed by atoms with van der Waals surface area (Å²) in [5, 5.41) is 9.31. The molecule has 0 heterocycles. The van der Waals surface area contributed by atoms with Gasteiger partial charge in [-0.2, -0.15) is 0 Å². The zero-order chi connectivity index (χ0) is 34.5. The van der Waals surface area contributed by atoms with Crippen LogP contribution in [0.3, 0.4) is 0 Å². The van der Waals surface area contributed by atoms with E-state index in [1.54, 1.807) is 0 Å². The van der Waals surface area contributed by atoms with Crippen molar-refractivity contribution < 1.29 is 33.6 Å². The van der Waals surface area contributed by atoms with E-state index in [1.165, 1.54) is 64.2 Å². The van der Waals surface area contributed by atoms with Gasteiger partial charge in [0, 0.05) is 13.2 Å². The molecular weight excluding hydrogens is 594 g/mol. The minimum absolute atomic E-state index is 0.0120. The molecule has 0 aromatic rings. The summed E-state index contributed by atoms with van der Waals surface area (Å²) in [7, 11) is 0. The van der Waals surface area contributed by atoms with Crippen LogP contribution < -0.4 is 0 Å². The van der Waals surface area contributed by atoms with Crippen LogP contribution in [-0.4, -0.2) is 74.5 Å². The summed E-state index contributed by atoms with van der Waals surface area (Å²) in [4.78, 5) is 26.5. The Hall–Kier alpha value is -1.54. The fourth-order valence-corrected chi connectivity index (χ4v) is 5.81. The van der Waals surface area contributed by atoms with Gasteiger partial charge in [0.25, 0.3) is 0 Å². The number of hydrogen-bond donors (Lipinski definition) is 1. The van der Waals surface area contributed by atoms with Crippen molar-refractivity contribution >= 4 is 12.3 Å². The van der Waals surface area contributed by atoms with Crippen LogP contribution in [0.15, 0.2) is 0 Å². The molecule has 0 aromatic heterocycles. The normalized spacial score (nSPS) is 11.4. The van der Waals surface area contributed by atoms with Crippen molar-refractivity contribution in [3.63, 3.8) is 0 Å². The van der Waals surface area contributed by atoms with Gasteiger partial charge < -0.3 is 29.0 Å². The van der Waals surface area contributed by atoms with E-state index in [4.69, 9.17) is 18.9 Å². The molecule has 47 heavy (non-hydrogen) atoms. The Morgan fingerprint density at radius 1 is 0.468 bits per heavy atom. The fourth-order valence-electron chi connectivity index (χ4n) is 5.81. The van der Waals surface area contributed by atoms with Gasteiger partial charge in [0.05, 0.1) is 19.8 Å². The Bertz CT molecular complexity index is 647. The molecule has 0 fully saturated rings. The van der Waals surface area contributed by atoms with Crippen LogP contribution in [0.1, 0.15) is 188 Å². The van der Waals surface area contributed by atoms with Crippen LogP contribution in [0.5, 0.6) is 0 Å². The van der Waals surface area contributed by atoms with E-state index in [0.29, 0.717) is 19.8 Å². The molecule has 280 valence electrons. The van der Waals surface area contributed by atoms with Crippen LogP contribution in [0.25, 0.3) is 0 Å². The molecule has 0 aliphatic carbocycles. The lowest BCUT2D eigenvalue weighted by Crippen LogP contribution is -2.28. The summed E-state index contributed by atoms with van der Waals surface area (Å²) in [6, 6.07) is 0. The van der Waals surface area contributed by atoms with E-state index in [-0.39, 0.29) is 12.7 Å². The number of aliphatic hydroxyl groups excluding tert-OH is 1. The molecule has 0 aliphatic rings. The highest BCUT2D eigenvalue weighted by molar-refractivity contribution is 5.60. The van der Waals surface area contributed by atoms with E-state index in [9.17, 15) is 14.7 Å². The van der Waals surface area contributed by atoms with E-state index in [0.717, 1.165) is 122 Å². The van der Waals surface area contributed by atoms with Crippen molar-refractivity contribution in [2.24, 2.45) is 0 Å². The molecule has 0 unspecified atom stereocenters. The van der Waals surface area contributed by atoms with E-state index in [2.05, 4.69) is 25.7 Å². The molecule has 0 bridgehead atoms.